The molecule has 2 fully saturated rings. The number of likely N-dealkylation sites (tertiary alicyclic amines) is 1. The number of hydrogen-bond donors (Lipinski definition) is 0. The van der Waals surface area contributed by atoms with Crippen molar-refractivity contribution in [3.8, 4) is 5.75 Å². The largest absolute Gasteiger partial charge is 0.493 e. The van der Waals surface area contributed by atoms with E-state index in [4.69, 9.17) is 4.74 Å². The number of carbonyl (C=O) groups excluding carboxylic acids is 1. The van der Waals surface area contributed by atoms with E-state index in [0.29, 0.717) is 24.3 Å². The van der Waals surface area contributed by atoms with Crippen LogP contribution < -0.4 is 4.74 Å². The molecular weight excluding hydrogens is 390 g/mol. The van der Waals surface area contributed by atoms with E-state index < -0.39 is 0 Å². The van der Waals surface area contributed by atoms with Crippen LogP contribution in [0.4, 0.5) is 0 Å². The summed E-state index contributed by atoms with van der Waals surface area (Å²) in [6, 6.07) is 18.3. The zero-order valence-corrected chi connectivity index (χ0v) is 16.4. The highest BCUT2D eigenvalue weighted by atomic mass is 79.9. The Balaban J connectivity index is 1.30. The van der Waals surface area contributed by atoms with Gasteiger partial charge in [0.05, 0.1) is 6.61 Å². The van der Waals surface area contributed by atoms with Crippen molar-refractivity contribution in [2.24, 2.45) is 11.8 Å². The van der Waals surface area contributed by atoms with E-state index in [0.717, 1.165) is 42.6 Å². The molecule has 4 heteroatoms. The Bertz CT molecular complexity index is 746. The highest BCUT2D eigenvalue weighted by molar-refractivity contribution is 9.10. The van der Waals surface area contributed by atoms with Gasteiger partial charge in [0.2, 0.25) is 5.91 Å². The van der Waals surface area contributed by atoms with Gasteiger partial charge in [-0.2, -0.15) is 0 Å². The maximum absolute atomic E-state index is 12.9. The molecule has 1 aliphatic heterocycles. The van der Waals surface area contributed by atoms with Crippen LogP contribution in [0.5, 0.6) is 5.75 Å². The van der Waals surface area contributed by atoms with E-state index in [9.17, 15) is 4.79 Å². The van der Waals surface area contributed by atoms with Crippen molar-refractivity contribution >= 4 is 21.8 Å². The lowest BCUT2D eigenvalue weighted by Crippen LogP contribution is -2.42. The van der Waals surface area contributed by atoms with Crippen molar-refractivity contribution in [2.45, 2.75) is 25.2 Å². The third-order valence-corrected chi connectivity index (χ3v) is 5.99. The second kappa shape index (κ2) is 7.83. The molecule has 3 nitrogen and oxygen atoms in total. The lowest BCUT2D eigenvalue weighted by atomic mass is 9.98. The Hall–Kier alpha value is -1.81. The van der Waals surface area contributed by atoms with Crippen LogP contribution in [0, 0.1) is 11.8 Å². The smallest absolute Gasteiger partial charge is 0.226 e. The van der Waals surface area contributed by atoms with Crippen molar-refractivity contribution in [2.75, 3.05) is 19.7 Å². The van der Waals surface area contributed by atoms with Crippen LogP contribution >= 0.6 is 15.9 Å². The Morgan fingerprint density at radius 3 is 2.65 bits per heavy atom. The van der Waals surface area contributed by atoms with Gasteiger partial charge in [-0.25, -0.2) is 0 Å². The molecule has 26 heavy (non-hydrogen) atoms. The van der Waals surface area contributed by atoms with E-state index in [2.05, 4.69) is 45.1 Å². The van der Waals surface area contributed by atoms with Gasteiger partial charge < -0.3 is 9.64 Å². The molecule has 1 saturated heterocycles. The van der Waals surface area contributed by atoms with Crippen molar-refractivity contribution in [1.82, 2.24) is 4.90 Å². The molecule has 3 atom stereocenters. The first kappa shape index (κ1) is 17.6. The van der Waals surface area contributed by atoms with Crippen LogP contribution in [0.1, 0.15) is 30.7 Å². The van der Waals surface area contributed by atoms with Crippen LogP contribution in [0.25, 0.3) is 0 Å². The SMILES string of the molecule is O=C(C1CC1c1ccc(Br)cc1)N1CCCC(COc2ccccc2)C1. The molecule has 0 aromatic heterocycles. The first-order valence-electron chi connectivity index (χ1n) is 9.43. The van der Waals surface area contributed by atoms with Gasteiger partial charge in [0.1, 0.15) is 5.75 Å². The monoisotopic (exact) mass is 413 g/mol. The van der Waals surface area contributed by atoms with Crippen molar-refractivity contribution in [3.05, 3.63) is 64.6 Å². The Morgan fingerprint density at radius 2 is 1.88 bits per heavy atom. The number of rotatable bonds is 5. The van der Waals surface area contributed by atoms with Gasteiger partial charge in [0.25, 0.3) is 0 Å². The molecule has 2 aromatic carbocycles. The first-order valence-corrected chi connectivity index (χ1v) is 10.2. The quantitative estimate of drug-likeness (QED) is 0.699. The number of hydrogen-bond acceptors (Lipinski definition) is 2. The molecule has 1 aliphatic carbocycles. The summed E-state index contributed by atoms with van der Waals surface area (Å²) in [5, 5.41) is 0. The topological polar surface area (TPSA) is 29.5 Å². The molecular formula is C22H24BrNO2. The summed E-state index contributed by atoms with van der Waals surface area (Å²) in [6.45, 7) is 2.41. The molecule has 4 rings (SSSR count). The van der Waals surface area contributed by atoms with Crippen LogP contribution in [0.15, 0.2) is 59.1 Å². The number of ether oxygens (including phenoxy) is 1. The fourth-order valence-corrected chi connectivity index (χ4v) is 4.18. The van der Waals surface area contributed by atoms with Gasteiger partial charge >= 0.3 is 0 Å². The van der Waals surface area contributed by atoms with Crippen LogP contribution in [0.2, 0.25) is 0 Å². The van der Waals surface area contributed by atoms with Crippen molar-refractivity contribution < 1.29 is 9.53 Å². The highest BCUT2D eigenvalue weighted by Crippen LogP contribution is 2.49. The van der Waals surface area contributed by atoms with Gasteiger partial charge in [0, 0.05) is 29.4 Å². The lowest BCUT2D eigenvalue weighted by molar-refractivity contribution is -0.134. The first-order chi connectivity index (χ1) is 12.7. The summed E-state index contributed by atoms with van der Waals surface area (Å²) >= 11 is 3.47. The van der Waals surface area contributed by atoms with Crippen LogP contribution in [-0.2, 0) is 4.79 Å². The normalized spacial score (nSPS) is 25.0. The molecule has 2 aromatic rings. The summed E-state index contributed by atoms with van der Waals surface area (Å²) in [5.74, 6) is 2.25. The molecule has 0 bridgehead atoms. The second-order valence-electron chi connectivity index (χ2n) is 7.42. The third-order valence-electron chi connectivity index (χ3n) is 5.47. The predicted octanol–water partition coefficient (Wildman–Crippen LogP) is 4.87. The summed E-state index contributed by atoms with van der Waals surface area (Å²) in [6.07, 6.45) is 3.20. The third kappa shape index (κ3) is 4.12. The van der Waals surface area contributed by atoms with Gasteiger partial charge in [-0.3, -0.25) is 4.79 Å². The number of amides is 1. The number of carbonyl (C=O) groups is 1. The summed E-state index contributed by atoms with van der Waals surface area (Å²) in [4.78, 5) is 15.0. The Labute approximate surface area is 163 Å². The molecule has 136 valence electrons. The molecule has 1 heterocycles. The molecule has 0 N–H and O–H groups in total. The van der Waals surface area contributed by atoms with Gasteiger partial charge in [-0.05, 0) is 55.0 Å². The standard InChI is InChI=1S/C22H24BrNO2/c23-18-10-8-17(9-11-18)20-13-21(20)22(25)24-12-4-5-16(14-24)15-26-19-6-2-1-3-7-19/h1-3,6-11,16,20-21H,4-5,12-15H2. The Morgan fingerprint density at radius 1 is 1.12 bits per heavy atom. The van der Waals surface area contributed by atoms with E-state index in [-0.39, 0.29) is 5.92 Å². The van der Waals surface area contributed by atoms with E-state index >= 15 is 0 Å². The summed E-state index contributed by atoms with van der Waals surface area (Å²) < 4.78 is 6.99. The molecule has 1 saturated carbocycles. The van der Waals surface area contributed by atoms with Crippen LogP contribution in [-0.4, -0.2) is 30.5 Å². The average molecular weight is 414 g/mol. The number of benzene rings is 2. The maximum Gasteiger partial charge on any atom is 0.226 e. The predicted molar refractivity (Wildman–Crippen MR) is 106 cm³/mol. The summed E-state index contributed by atoms with van der Waals surface area (Å²) in [5.41, 5.74) is 1.28. The van der Waals surface area contributed by atoms with Crippen molar-refractivity contribution in [3.63, 3.8) is 0 Å². The van der Waals surface area contributed by atoms with E-state index in [1.54, 1.807) is 0 Å². The van der Waals surface area contributed by atoms with E-state index in [1.165, 1.54) is 5.56 Å². The van der Waals surface area contributed by atoms with Crippen molar-refractivity contribution in [1.29, 1.82) is 0 Å². The fourth-order valence-electron chi connectivity index (χ4n) is 3.91. The molecule has 3 unspecified atom stereocenters. The zero-order chi connectivity index (χ0) is 17.9. The maximum atomic E-state index is 12.9. The number of piperidine rings is 1. The van der Waals surface area contributed by atoms with Gasteiger partial charge in [-0.15, -0.1) is 0 Å². The van der Waals surface area contributed by atoms with Gasteiger partial charge in [-0.1, -0.05) is 46.3 Å². The zero-order valence-electron chi connectivity index (χ0n) is 14.8. The molecule has 0 spiro atoms. The average Bonchev–Trinajstić information content (AvgIpc) is 3.48. The second-order valence-corrected chi connectivity index (χ2v) is 8.33. The minimum Gasteiger partial charge on any atom is -0.493 e. The minimum absolute atomic E-state index is 0.171. The summed E-state index contributed by atoms with van der Waals surface area (Å²) in [7, 11) is 0. The fraction of sp³-hybridized carbons (Fsp3) is 0.409. The number of halogens is 1. The van der Waals surface area contributed by atoms with E-state index in [1.807, 2.05) is 30.3 Å². The highest BCUT2D eigenvalue weighted by Gasteiger charge is 2.46. The molecule has 2 aliphatic rings. The number of para-hydroxylation sites is 1. The lowest BCUT2D eigenvalue weighted by Gasteiger charge is -2.33. The Kier molecular flexibility index (Phi) is 5.30. The molecule has 0 radical (unpaired) electrons. The molecule has 1 amide bonds. The van der Waals surface area contributed by atoms with Gasteiger partial charge in [0.15, 0.2) is 0 Å². The minimum atomic E-state index is 0.171. The number of nitrogens with zero attached hydrogens (tertiary/aromatic N) is 1. The van der Waals surface area contributed by atoms with Crippen LogP contribution in [0.3, 0.4) is 0 Å².